The van der Waals surface area contributed by atoms with Gasteiger partial charge in [0.15, 0.2) is 5.78 Å². The smallest absolute Gasteiger partial charge is 0.167 e. The standard InChI is InChI=1S/C32H39N5O/c1-3-19-36(20-4-2)22-27-10-8-26(9-11-27)21-31(38)29-14-12-28(13-15-29)23-37(25-32-34-17-18-35-32)24-30-7-5-6-16-33-30/h5-18H,3-4,19-25H2,1-2H3,(H,34,35). The van der Waals surface area contributed by atoms with Crippen LogP contribution in [0.5, 0.6) is 0 Å². The number of H-pyrrole nitrogens is 1. The van der Waals surface area contributed by atoms with Crippen LogP contribution in [0.15, 0.2) is 85.3 Å². The molecule has 4 rings (SSSR count). The molecule has 0 radical (unpaired) electrons. The van der Waals surface area contributed by atoms with E-state index in [9.17, 15) is 4.79 Å². The Labute approximate surface area is 226 Å². The summed E-state index contributed by atoms with van der Waals surface area (Å²) in [6.07, 6.45) is 8.18. The molecule has 0 bridgehead atoms. The number of hydrogen-bond acceptors (Lipinski definition) is 5. The van der Waals surface area contributed by atoms with Crippen LogP contribution >= 0.6 is 0 Å². The number of aromatic nitrogens is 3. The highest BCUT2D eigenvalue weighted by Gasteiger charge is 2.12. The average Bonchev–Trinajstić information content (AvgIpc) is 3.44. The minimum Gasteiger partial charge on any atom is -0.348 e. The van der Waals surface area contributed by atoms with E-state index in [2.05, 4.69) is 75.0 Å². The second-order valence-corrected chi connectivity index (χ2v) is 9.89. The summed E-state index contributed by atoms with van der Waals surface area (Å²) in [4.78, 5) is 29.8. The average molecular weight is 510 g/mol. The minimum absolute atomic E-state index is 0.142. The summed E-state index contributed by atoms with van der Waals surface area (Å²) in [6.45, 7) is 9.80. The Morgan fingerprint density at radius 2 is 1.37 bits per heavy atom. The molecule has 0 aliphatic heterocycles. The van der Waals surface area contributed by atoms with E-state index in [0.29, 0.717) is 19.5 Å². The number of carbonyl (C=O) groups excluding carboxylic acids is 1. The summed E-state index contributed by atoms with van der Waals surface area (Å²) in [5.41, 5.74) is 5.27. The number of ketones is 1. The Kier molecular flexibility index (Phi) is 10.4. The van der Waals surface area contributed by atoms with Crippen molar-refractivity contribution < 1.29 is 4.79 Å². The zero-order valence-electron chi connectivity index (χ0n) is 22.6. The normalized spacial score (nSPS) is 11.4. The Morgan fingerprint density at radius 1 is 0.711 bits per heavy atom. The number of pyridine rings is 1. The highest BCUT2D eigenvalue weighted by molar-refractivity contribution is 5.97. The van der Waals surface area contributed by atoms with Crippen molar-refractivity contribution in [3.8, 4) is 0 Å². The number of nitrogens with one attached hydrogen (secondary N) is 1. The van der Waals surface area contributed by atoms with Gasteiger partial charge in [-0.1, -0.05) is 68.4 Å². The van der Waals surface area contributed by atoms with E-state index < -0.39 is 0 Å². The predicted octanol–water partition coefficient (Wildman–Crippen LogP) is 6.05. The van der Waals surface area contributed by atoms with Crippen LogP contribution in [-0.2, 0) is 32.6 Å². The largest absolute Gasteiger partial charge is 0.348 e. The number of benzene rings is 2. The monoisotopic (exact) mass is 509 g/mol. The first-order valence-electron chi connectivity index (χ1n) is 13.7. The van der Waals surface area contributed by atoms with E-state index in [1.54, 1.807) is 6.20 Å². The second kappa shape index (κ2) is 14.4. The molecule has 198 valence electrons. The molecule has 0 spiro atoms. The van der Waals surface area contributed by atoms with Crippen LogP contribution in [0.4, 0.5) is 0 Å². The molecule has 0 aliphatic carbocycles. The van der Waals surface area contributed by atoms with Crippen LogP contribution in [0, 0.1) is 0 Å². The van der Waals surface area contributed by atoms with Gasteiger partial charge in [0.25, 0.3) is 0 Å². The Balaban J connectivity index is 1.35. The lowest BCUT2D eigenvalue weighted by Gasteiger charge is -2.21. The summed E-state index contributed by atoms with van der Waals surface area (Å²) < 4.78 is 0. The molecule has 6 heteroatoms. The molecule has 0 unspecified atom stereocenters. The first-order valence-corrected chi connectivity index (χ1v) is 13.7. The van der Waals surface area contributed by atoms with Crippen molar-refractivity contribution in [2.45, 2.75) is 59.3 Å². The lowest BCUT2D eigenvalue weighted by atomic mass is 10.0. The van der Waals surface area contributed by atoms with Gasteiger partial charge in [-0.3, -0.25) is 19.6 Å². The minimum atomic E-state index is 0.142. The van der Waals surface area contributed by atoms with Gasteiger partial charge in [-0.05, 0) is 54.8 Å². The topological polar surface area (TPSA) is 65.1 Å². The van der Waals surface area contributed by atoms with Crippen molar-refractivity contribution in [3.05, 3.63) is 119 Å². The van der Waals surface area contributed by atoms with Crippen molar-refractivity contribution in [1.82, 2.24) is 24.8 Å². The van der Waals surface area contributed by atoms with Gasteiger partial charge in [0.1, 0.15) is 5.82 Å². The van der Waals surface area contributed by atoms with Crippen LogP contribution in [0.3, 0.4) is 0 Å². The lowest BCUT2D eigenvalue weighted by Crippen LogP contribution is -2.24. The third-order valence-corrected chi connectivity index (χ3v) is 6.60. The van der Waals surface area contributed by atoms with Crippen molar-refractivity contribution in [1.29, 1.82) is 0 Å². The van der Waals surface area contributed by atoms with Crippen molar-refractivity contribution in [2.24, 2.45) is 0 Å². The van der Waals surface area contributed by atoms with Gasteiger partial charge in [0.05, 0.1) is 12.2 Å². The molecule has 38 heavy (non-hydrogen) atoms. The zero-order chi connectivity index (χ0) is 26.6. The molecule has 0 atom stereocenters. The van der Waals surface area contributed by atoms with Gasteiger partial charge >= 0.3 is 0 Å². The summed E-state index contributed by atoms with van der Waals surface area (Å²) in [7, 11) is 0. The third kappa shape index (κ3) is 8.47. The van der Waals surface area contributed by atoms with Crippen LogP contribution in [0.25, 0.3) is 0 Å². The summed E-state index contributed by atoms with van der Waals surface area (Å²) >= 11 is 0. The van der Waals surface area contributed by atoms with Crippen LogP contribution < -0.4 is 0 Å². The molecular weight excluding hydrogens is 470 g/mol. The highest BCUT2D eigenvalue weighted by Crippen LogP contribution is 2.15. The number of hydrogen-bond donors (Lipinski definition) is 1. The Morgan fingerprint density at radius 3 is 1.97 bits per heavy atom. The molecule has 6 nitrogen and oxygen atoms in total. The SMILES string of the molecule is CCCN(CCC)Cc1ccc(CC(=O)c2ccc(CN(Cc3ccccn3)Cc3ncc[nH]3)cc2)cc1. The molecule has 0 fully saturated rings. The summed E-state index contributed by atoms with van der Waals surface area (Å²) in [6, 6.07) is 22.5. The fraction of sp³-hybridized carbons (Fsp3) is 0.344. The third-order valence-electron chi connectivity index (χ3n) is 6.60. The highest BCUT2D eigenvalue weighted by atomic mass is 16.1. The molecule has 2 heterocycles. The number of carbonyl (C=O) groups is 1. The van der Waals surface area contributed by atoms with Crippen molar-refractivity contribution in [2.75, 3.05) is 13.1 Å². The maximum atomic E-state index is 13.0. The molecule has 4 aromatic rings. The lowest BCUT2D eigenvalue weighted by molar-refractivity contribution is 0.0993. The first kappa shape index (κ1) is 27.4. The Hall–Kier alpha value is -3.61. The Bertz CT molecular complexity index is 1220. The van der Waals surface area contributed by atoms with Gasteiger partial charge in [-0.25, -0.2) is 4.98 Å². The van der Waals surface area contributed by atoms with E-state index in [4.69, 9.17) is 0 Å². The van der Waals surface area contributed by atoms with Crippen LogP contribution in [0.1, 0.15) is 65.3 Å². The predicted molar refractivity (Wildman–Crippen MR) is 153 cm³/mol. The van der Waals surface area contributed by atoms with Crippen LogP contribution in [0.2, 0.25) is 0 Å². The maximum Gasteiger partial charge on any atom is 0.167 e. The molecular formula is C32H39N5O. The number of imidazole rings is 1. The molecule has 0 saturated carbocycles. The fourth-order valence-electron chi connectivity index (χ4n) is 4.75. The first-order chi connectivity index (χ1) is 18.6. The van der Waals surface area contributed by atoms with E-state index in [-0.39, 0.29) is 5.78 Å². The van der Waals surface area contributed by atoms with E-state index in [1.165, 1.54) is 5.56 Å². The maximum absolute atomic E-state index is 13.0. The second-order valence-electron chi connectivity index (χ2n) is 9.89. The molecule has 0 saturated heterocycles. The molecule has 2 aromatic carbocycles. The van der Waals surface area contributed by atoms with E-state index in [1.807, 2.05) is 42.7 Å². The summed E-state index contributed by atoms with van der Waals surface area (Å²) in [5.74, 6) is 1.06. The van der Waals surface area contributed by atoms with Gasteiger partial charge in [-0.2, -0.15) is 0 Å². The van der Waals surface area contributed by atoms with Gasteiger partial charge in [0.2, 0.25) is 0 Å². The van der Waals surface area contributed by atoms with Gasteiger partial charge < -0.3 is 4.98 Å². The molecule has 0 aliphatic rings. The van der Waals surface area contributed by atoms with E-state index >= 15 is 0 Å². The number of nitrogens with zero attached hydrogens (tertiary/aromatic N) is 4. The fourth-order valence-corrected chi connectivity index (χ4v) is 4.75. The van der Waals surface area contributed by atoms with Gasteiger partial charge in [-0.15, -0.1) is 0 Å². The van der Waals surface area contributed by atoms with Crippen molar-refractivity contribution in [3.63, 3.8) is 0 Å². The van der Waals surface area contributed by atoms with Gasteiger partial charge in [0, 0.05) is 50.2 Å². The molecule has 1 N–H and O–H groups in total. The van der Waals surface area contributed by atoms with E-state index in [0.717, 1.165) is 67.2 Å². The molecule has 0 amide bonds. The molecule has 2 aromatic heterocycles. The number of rotatable bonds is 15. The quantitative estimate of drug-likeness (QED) is 0.198. The summed E-state index contributed by atoms with van der Waals surface area (Å²) in [5, 5.41) is 0. The number of Topliss-reactive ketones (excluding diaryl/α,β-unsaturated/α-hetero) is 1. The van der Waals surface area contributed by atoms with Crippen molar-refractivity contribution >= 4 is 5.78 Å². The van der Waals surface area contributed by atoms with Crippen LogP contribution in [-0.4, -0.2) is 43.6 Å². The number of aromatic amines is 1. The zero-order valence-corrected chi connectivity index (χ0v) is 22.6.